The number of nitrogens with one attached hydrogen (secondary N) is 1. The van der Waals surface area contributed by atoms with Crippen LogP contribution in [0.25, 0.3) is 0 Å². The summed E-state index contributed by atoms with van der Waals surface area (Å²) in [5.74, 6) is 1.13. The minimum absolute atomic E-state index is 0.209. The van der Waals surface area contributed by atoms with Crippen LogP contribution in [0.5, 0.6) is 0 Å². The Balaban J connectivity index is 2.36. The van der Waals surface area contributed by atoms with E-state index < -0.39 is 0 Å². The first-order valence-electron chi connectivity index (χ1n) is 5.83. The van der Waals surface area contributed by atoms with Gasteiger partial charge in [-0.3, -0.25) is 0 Å². The van der Waals surface area contributed by atoms with Gasteiger partial charge in [0, 0.05) is 21.9 Å². The van der Waals surface area contributed by atoms with E-state index in [0.29, 0.717) is 0 Å². The Labute approximate surface area is 103 Å². The summed E-state index contributed by atoms with van der Waals surface area (Å²) in [5.41, 5.74) is 3.15. The maximum Gasteiger partial charge on any atom is 0.0482 e. The molecule has 0 aromatic heterocycles. The van der Waals surface area contributed by atoms with Gasteiger partial charge in [-0.1, -0.05) is 26.8 Å². The number of rotatable bonds is 0. The van der Waals surface area contributed by atoms with Gasteiger partial charge in [-0.2, -0.15) is 0 Å². The van der Waals surface area contributed by atoms with E-state index in [9.17, 15) is 0 Å². The summed E-state index contributed by atoms with van der Waals surface area (Å²) < 4.78 is 0. The van der Waals surface area contributed by atoms with Crippen LogP contribution in [-0.4, -0.2) is 11.3 Å². The van der Waals surface area contributed by atoms with E-state index >= 15 is 0 Å². The first kappa shape index (κ1) is 11.8. The van der Waals surface area contributed by atoms with Gasteiger partial charge in [0.05, 0.1) is 0 Å². The molecule has 0 spiro atoms. The lowest BCUT2D eigenvalue weighted by Gasteiger charge is -2.34. The smallest absolute Gasteiger partial charge is 0.0482 e. The lowest BCUT2D eigenvalue weighted by molar-refractivity contribution is 0.587. The van der Waals surface area contributed by atoms with Crippen molar-refractivity contribution in [1.82, 2.24) is 0 Å². The van der Waals surface area contributed by atoms with Crippen LogP contribution in [0.2, 0.25) is 0 Å². The zero-order valence-electron chi connectivity index (χ0n) is 10.8. The summed E-state index contributed by atoms with van der Waals surface area (Å²) in [6.07, 6.45) is 0. The third-order valence-corrected chi connectivity index (χ3v) is 4.42. The summed E-state index contributed by atoms with van der Waals surface area (Å²) in [6.45, 7) is 11.3. The van der Waals surface area contributed by atoms with E-state index in [4.69, 9.17) is 0 Å². The molecule has 1 nitrogen and oxygen atoms in total. The van der Waals surface area contributed by atoms with E-state index in [-0.39, 0.29) is 11.0 Å². The zero-order valence-corrected chi connectivity index (χ0v) is 11.7. The number of fused-ring (bicyclic) bond motifs is 1. The van der Waals surface area contributed by atoms with Crippen molar-refractivity contribution >= 4 is 17.4 Å². The van der Waals surface area contributed by atoms with Gasteiger partial charge in [0.25, 0.3) is 0 Å². The lowest BCUT2D eigenvalue weighted by Crippen LogP contribution is -2.36. The maximum absolute atomic E-state index is 3.59. The molecule has 1 aliphatic heterocycles. The van der Waals surface area contributed by atoms with Crippen molar-refractivity contribution in [3.63, 3.8) is 0 Å². The van der Waals surface area contributed by atoms with Crippen molar-refractivity contribution in [3.8, 4) is 0 Å². The van der Waals surface area contributed by atoms with Crippen molar-refractivity contribution in [1.29, 1.82) is 0 Å². The largest absolute Gasteiger partial charge is 0.378 e. The van der Waals surface area contributed by atoms with Gasteiger partial charge in [0.2, 0.25) is 0 Å². The van der Waals surface area contributed by atoms with Crippen molar-refractivity contribution in [3.05, 3.63) is 23.8 Å². The molecule has 1 aromatic rings. The zero-order chi connectivity index (χ0) is 12.0. The van der Waals surface area contributed by atoms with Gasteiger partial charge in [-0.05, 0) is 37.0 Å². The van der Waals surface area contributed by atoms with Gasteiger partial charge >= 0.3 is 0 Å². The third kappa shape index (κ3) is 2.37. The van der Waals surface area contributed by atoms with E-state index in [1.165, 1.54) is 16.1 Å². The molecule has 0 saturated carbocycles. The van der Waals surface area contributed by atoms with Gasteiger partial charge in [0.1, 0.15) is 0 Å². The van der Waals surface area contributed by atoms with Crippen LogP contribution >= 0.6 is 11.8 Å². The maximum atomic E-state index is 3.59. The molecule has 0 amide bonds. The highest BCUT2D eigenvalue weighted by molar-refractivity contribution is 7.99. The highest BCUT2D eigenvalue weighted by atomic mass is 32.2. The van der Waals surface area contributed by atoms with Crippen LogP contribution in [-0.2, 0) is 5.41 Å². The number of hydrogen-bond donors (Lipinski definition) is 1. The molecule has 1 aromatic carbocycles. The molecular formula is C14H21NS. The summed E-state index contributed by atoms with van der Waals surface area (Å²) in [7, 11) is 0. The summed E-state index contributed by atoms with van der Waals surface area (Å²) in [4.78, 5) is 1.40. The Morgan fingerprint density at radius 1 is 1.25 bits per heavy atom. The molecule has 1 N–H and O–H groups in total. The third-order valence-electron chi connectivity index (χ3n) is 2.91. The molecule has 2 rings (SSSR count). The molecule has 0 saturated heterocycles. The number of anilines is 1. The lowest BCUT2D eigenvalue weighted by atomic mass is 9.87. The Bertz CT molecular complexity index is 402. The Morgan fingerprint density at radius 3 is 2.56 bits per heavy atom. The van der Waals surface area contributed by atoms with E-state index in [2.05, 4.69) is 58.1 Å². The van der Waals surface area contributed by atoms with Gasteiger partial charge in [-0.25, -0.2) is 0 Å². The first-order valence-corrected chi connectivity index (χ1v) is 6.82. The molecule has 0 bridgehead atoms. The SMILES string of the molecule is CC1(C)CSc2cc(C(C)(C)C)ccc2N1. The second-order valence-electron chi connectivity index (χ2n) is 6.26. The first-order chi connectivity index (χ1) is 7.28. The fourth-order valence-corrected chi connectivity index (χ4v) is 2.94. The summed E-state index contributed by atoms with van der Waals surface area (Å²) in [5, 5.41) is 3.59. The number of benzene rings is 1. The monoisotopic (exact) mass is 235 g/mol. The van der Waals surface area contributed by atoms with Crippen molar-refractivity contribution in [2.45, 2.75) is 50.5 Å². The highest BCUT2D eigenvalue weighted by Crippen LogP contribution is 2.39. The standard InChI is InChI=1S/C14H21NS/c1-13(2,3)10-6-7-11-12(8-10)16-9-14(4,5)15-11/h6-8,15H,9H2,1-5H3. The van der Waals surface area contributed by atoms with Gasteiger partial charge < -0.3 is 5.32 Å². The fourth-order valence-electron chi connectivity index (χ4n) is 1.87. The molecule has 0 aliphatic carbocycles. The molecular weight excluding hydrogens is 214 g/mol. The molecule has 88 valence electrons. The van der Waals surface area contributed by atoms with Crippen LogP contribution < -0.4 is 5.32 Å². The molecule has 0 unspecified atom stereocenters. The molecule has 0 atom stereocenters. The Hall–Kier alpha value is -0.630. The molecule has 0 fully saturated rings. The Morgan fingerprint density at radius 2 is 1.94 bits per heavy atom. The van der Waals surface area contributed by atoms with Crippen molar-refractivity contribution in [2.75, 3.05) is 11.1 Å². The molecule has 2 heteroatoms. The van der Waals surface area contributed by atoms with Crippen molar-refractivity contribution < 1.29 is 0 Å². The minimum atomic E-state index is 0.209. The second-order valence-corrected chi connectivity index (χ2v) is 7.28. The summed E-state index contributed by atoms with van der Waals surface area (Å²) >= 11 is 1.96. The van der Waals surface area contributed by atoms with Gasteiger partial charge in [-0.15, -0.1) is 11.8 Å². The average molecular weight is 235 g/mol. The topological polar surface area (TPSA) is 12.0 Å². The van der Waals surface area contributed by atoms with Crippen LogP contribution in [0, 0.1) is 0 Å². The number of thioether (sulfide) groups is 1. The van der Waals surface area contributed by atoms with Crippen LogP contribution in [0.3, 0.4) is 0 Å². The minimum Gasteiger partial charge on any atom is -0.378 e. The van der Waals surface area contributed by atoms with Crippen molar-refractivity contribution in [2.24, 2.45) is 0 Å². The highest BCUT2D eigenvalue weighted by Gasteiger charge is 2.25. The van der Waals surface area contributed by atoms with E-state index in [0.717, 1.165) is 5.75 Å². The predicted molar refractivity (Wildman–Crippen MR) is 73.6 cm³/mol. The average Bonchev–Trinajstić information content (AvgIpc) is 2.14. The Kier molecular flexibility index (Phi) is 2.73. The quantitative estimate of drug-likeness (QED) is 0.720. The van der Waals surface area contributed by atoms with E-state index in [1.54, 1.807) is 0 Å². The molecule has 16 heavy (non-hydrogen) atoms. The summed E-state index contributed by atoms with van der Waals surface area (Å²) in [6, 6.07) is 6.81. The van der Waals surface area contributed by atoms with Crippen LogP contribution in [0.1, 0.15) is 40.2 Å². The fraction of sp³-hybridized carbons (Fsp3) is 0.571. The second kappa shape index (κ2) is 3.69. The van der Waals surface area contributed by atoms with Crippen LogP contribution in [0.4, 0.5) is 5.69 Å². The van der Waals surface area contributed by atoms with Gasteiger partial charge in [0.15, 0.2) is 0 Å². The van der Waals surface area contributed by atoms with Crippen LogP contribution in [0.15, 0.2) is 23.1 Å². The number of hydrogen-bond acceptors (Lipinski definition) is 2. The molecule has 1 heterocycles. The normalized spacial score (nSPS) is 18.8. The molecule has 0 radical (unpaired) electrons. The predicted octanol–water partition coefficient (Wildman–Crippen LogP) is 4.28. The van der Waals surface area contributed by atoms with E-state index in [1.807, 2.05) is 11.8 Å². The molecule has 1 aliphatic rings.